The SMILES string of the molecule is CN(C)c1ccc(N2CCCC2)cc1N. The average molecular weight is 205 g/mol. The first-order valence-corrected chi connectivity index (χ1v) is 5.50. The molecule has 0 amide bonds. The van der Waals surface area contributed by atoms with Gasteiger partial charge in [-0.15, -0.1) is 0 Å². The van der Waals surface area contributed by atoms with Crippen LogP contribution in [0.2, 0.25) is 0 Å². The summed E-state index contributed by atoms with van der Waals surface area (Å²) in [5.41, 5.74) is 9.24. The second-order valence-electron chi connectivity index (χ2n) is 4.33. The number of nitrogens with zero attached hydrogens (tertiary/aromatic N) is 2. The van der Waals surface area contributed by atoms with Crippen LogP contribution in [0.3, 0.4) is 0 Å². The van der Waals surface area contributed by atoms with E-state index in [1.807, 2.05) is 19.0 Å². The van der Waals surface area contributed by atoms with Crippen LogP contribution in [0.1, 0.15) is 12.8 Å². The second-order valence-corrected chi connectivity index (χ2v) is 4.33. The number of benzene rings is 1. The van der Waals surface area contributed by atoms with Crippen molar-refractivity contribution in [1.29, 1.82) is 0 Å². The zero-order valence-electron chi connectivity index (χ0n) is 9.53. The van der Waals surface area contributed by atoms with E-state index in [1.165, 1.54) is 31.6 Å². The van der Waals surface area contributed by atoms with Gasteiger partial charge in [0.2, 0.25) is 0 Å². The summed E-state index contributed by atoms with van der Waals surface area (Å²) < 4.78 is 0. The molecule has 1 aromatic carbocycles. The van der Waals surface area contributed by atoms with Crippen molar-refractivity contribution in [3.63, 3.8) is 0 Å². The van der Waals surface area contributed by atoms with Gasteiger partial charge in [-0.25, -0.2) is 0 Å². The monoisotopic (exact) mass is 205 g/mol. The third-order valence-corrected chi connectivity index (χ3v) is 2.96. The fraction of sp³-hybridized carbons (Fsp3) is 0.500. The summed E-state index contributed by atoms with van der Waals surface area (Å²) in [5, 5.41) is 0. The van der Waals surface area contributed by atoms with Gasteiger partial charge in [0.05, 0.1) is 11.4 Å². The highest BCUT2D eigenvalue weighted by atomic mass is 15.1. The van der Waals surface area contributed by atoms with Gasteiger partial charge in [-0.05, 0) is 31.0 Å². The van der Waals surface area contributed by atoms with E-state index < -0.39 is 0 Å². The minimum absolute atomic E-state index is 0.865. The molecule has 1 heterocycles. The van der Waals surface area contributed by atoms with Crippen molar-refractivity contribution in [2.24, 2.45) is 0 Å². The van der Waals surface area contributed by atoms with Crippen molar-refractivity contribution in [2.45, 2.75) is 12.8 Å². The topological polar surface area (TPSA) is 32.5 Å². The van der Waals surface area contributed by atoms with Gasteiger partial charge in [-0.1, -0.05) is 0 Å². The molecule has 1 saturated heterocycles. The normalized spacial score (nSPS) is 15.7. The van der Waals surface area contributed by atoms with E-state index in [2.05, 4.69) is 23.1 Å². The quantitative estimate of drug-likeness (QED) is 0.749. The average Bonchev–Trinajstić information content (AvgIpc) is 2.69. The highest BCUT2D eigenvalue weighted by Crippen LogP contribution is 2.28. The molecule has 82 valence electrons. The summed E-state index contributed by atoms with van der Waals surface area (Å²) in [7, 11) is 4.03. The minimum atomic E-state index is 0.865. The highest BCUT2D eigenvalue weighted by Gasteiger charge is 2.13. The first-order valence-electron chi connectivity index (χ1n) is 5.50. The predicted molar refractivity (Wildman–Crippen MR) is 66.6 cm³/mol. The standard InChI is InChI=1S/C12H19N3/c1-14(2)12-6-5-10(9-11(12)13)15-7-3-4-8-15/h5-6,9H,3-4,7-8,13H2,1-2H3. The van der Waals surface area contributed by atoms with Gasteiger partial charge in [0, 0.05) is 32.9 Å². The fourth-order valence-corrected chi connectivity index (χ4v) is 2.12. The molecule has 0 spiro atoms. The summed E-state index contributed by atoms with van der Waals surface area (Å²) in [4.78, 5) is 4.44. The second kappa shape index (κ2) is 4.01. The van der Waals surface area contributed by atoms with Gasteiger partial charge in [-0.3, -0.25) is 0 Å². The van der Waals surface area contributed by atoms with Gasteiger partial charge in [0.15, 0.2) is 0 Å². The molecule has 0 saturated carbocycles. The molecule has 0 aromatic heterocycles. The van der Waals surface area contributed by atoms with Crippen molar-refractivity contribution in [1.82, 2.24) is 0 Å². The van der Waals surface area contributed by atoms with Crippen LogP contribution in [-0.4, -0.2) is 27.2 Å². The smallest absolute Gasteiger partial charge is 0.0596 e. The molecule has 0 aliphatic carbocycles. The Bertz CT molecular complexity index is 341. The van der Waals surface area contributed by atoms with Gasteiger partial charge >= 0.3 is 0 Å². The Morgan fingerprint density at radius 3 is 2.40 bits per heavy atom. The van der Waals surface area contributed by atoms with Crippen LogP contribution in [0.15, 0.2) is 18.2 Å². The molecule has 1 aliphatic heterocycles. The van der Waals surface area contributed by atoms with E-state index in [-0.39, 0.29) is 0 Å². The number of nitrogen functional groups attached to an aromatic ring is 1. The van der Waals surface area contributed by atoms with E-state index in [1.54, 1.807) is 0 Å². The number of hydrogen-bond acceptors (Lipinski definition) is 3. The van der Waals surface area contributed by atoms with Gasteiger partial charge < -0.3 is 15.5 Å². The van der Waals surface area contributed by atoms with Gasteiger partial charge in [0.25, 0.3) is 0 Å². The molecule has 0 bridgehead atoms. The molecule has 3 nitrogen and oxygen atoms in total. The molecule has 0 unspecified atom stereocenters. The van der Waals surface area contributed by atoms with Crippen molar-refractivity contribution in [3.8, 4) is 0 Å². The van der Waals surface area contributed by atoms with E-state index in [0.717, 1.165) is 11.4 Å². The number of hydrogen-bond donors (Lipinski definition) is 1. The van der Waals surface area contributed by atoms with Crippen LogP contribution in [0, 0.1) is 0 Å². The van der Waals surface area contributed by atoms with Crippen LogP contribution in [0.25, 0.3) is 0 Å². The third-order valence-electron chi connectivity index (χ3n) is 2.96. The molecule has 2 N–H and O–H groups in total. The lowest BCUT2D eigenvalue weighted by molar-refractivity contribution is 0.949. The summed E-state index contributed by atoms with van der Waals surface area (Å²) in [6, 6.07) is 6.35. The highest BCUT2D eigenvalue weighted by molar-refractivity contribution is 5.72. The zero-order chi connectivity index (χ0) is 10.8. The number of rotatable bonds is 2. The summed E-state index contributed by atoms with van der Waals surface area (Å²) >= 11 is 0. The molecule has 1 aromatic rings. The molecule has 2 rings (SSSR count). The molecular formula is C12H19N3. The lowest BCUT2D eigenvalue weighted by atomic mass is 10.2. The largest absolute Gasteiger partial charge is 0.397 e. The van der Waals surface area contributed by atoms with Crippen molar-refractivity contribution < 1.29 is 0 Å². The lowest BCUT2D eigenvalue weighted by Crippen LogP contribution is -2.18. The molecule has 1 fully saturated rings. The summed E-state index contributed by atoms with van der Waals surface area (Å²) in [6.07, 6.45) is 2.60. The van der Waals surface area contributed by atoms with E-state index >= 15 is 0 Å². The maximum absolute atomic E-state index is 6.02. The predicted octanol–water partition coefficient (Wildman–Crippen LogP) is 1.94. The maximum atomic E-state index is 6.02. The van der Waals surface area contributed by atoms with Gasteiger partial charge in [-0.2, -0.15) is 0 Å². The molecule has 15 heavy (non-hydrogen) atoms. The lowest BCUT2D eigenvalue weighted by Gasteiger charge is -2.21. The Balaban J connectivity index is 2.24. The van der Waals surface area contributed by atoms with Crippen molar-refractivity contribution in [3.05, 3.63) is 18.2 Å². The summed E-state index contributed by atoms with van der Waals surface area (Å²) in [5.74, 6) is 0. The Morgan fingerprint density at radius 2 is 1.87 bits per heavy atom. The van der Waals surface area contributed by atoms with E-state index in [0.29, 0.717) is 0 Å². The number of nitrogens with two attached hydrogens (primary N) is 1. The number of anilines is 3. The third kappa shape index (κ3) is 2.01. The van der Waals surface area contributed by atoms with Crippen LogP contribution in [0.5, 0.6) is 0 Å². The zero-order valence-corrected chi connectivity index (χ0v) is 9.53. The molecule has 1 aliphatic rings. The maximum Gasteiger partial charge on any atom is 0.0596 e. The fourth-order valence-electron chi connectivity index (χ4n) is 2.12. The Labute approximate surface area is 91.5 Å². The first-order chi connectivity index (χ1) is 7.18. The van der Waals surface area contributed by atoms with Crippen LogP contribution in [0.4, 0.5) is 17.1 Å². The Hall–Kier alpha value is -1.38. The first kappa shape index (κ1) is 10.1. The van der Waals surface area contributed by atoms with E-state index in [4.69, 9.17) is 5.73 Å². The van der Waals surface area contributed by atoms with Crippen LogP contribution in [-0.2, 0) is 0 Å². The Kier molecular flexibility index (Phi) is 2.71. The van der Waals surface area contributed by atoms with Crippen LogP contribution >= 0.6 is 0 Å². The summed E-state index contributed by atoms with van der Waals surface area (Å²) in [6.45, 7) is 2.33. The van der Waals surface area contributed by atoms with E-state index in [9.17, 15) is 0 Å². The molecule has 0 radical (unpaired) electrons. The molecular weight excluding hydrogens is 186 g/mol. The van der Waals surface area contributed by atoms with Crippen molar-refractivity contribution >= 4 is 17.1 Å². The van der Waals surface area contributed by atoms with Gasteiger partial charge in [0.1, 0.15) is 0 Å². The van der Waals surface area contributed by atoms with Crippen LogP contribution < -0.4 is 15.5 Å². The molecule has 3 heteroatoms. The molecule has 0 atom stereocenters. The minimum Gasteiger partial charge on any atom is -0.397 e. The Morgan fingerprint density at radius 1 is 1.20 bits per heavy atom. The van der Waals surface area contributed by atoms with Crippen molar-refractivity contribution in [2.75, 3.05) is 42.7 Å².